The zero-order valence-corrected chi connectivity index (χ0v) is 6.31. The number of carbonyl (C=O) groups is 4. The van der Waals surface area contributed by atoms with Crippen molar-refractivity contribution in [2.45, 2.75) is 6.42 Å². The summed E-state index contributed by atoms with van der Waals surface area (Å²) in [5, 5.41) is 0. The maximum Gasteiger partial charge on any atom is 0.328 e. The molecule has 2 aliphatic rings. The number of cyclic esters (lactones) is 4. The van der Waals surface area contributed by atoms with Gasteiger partial charge in [0.2, 0.25) is 0 Å². The monoisotopic (exact) mass is 184 g/mol. The van der Waals surface area contributed by atoms with Crippen LogP contribution in [0.4, 0.5) is 0 Å². The minimum absolute atomic E-state index is 0.263. The maximum absolute atomic E-state index is 10.9. The molecule has 0 spiro atoms. The van der Waals surface area contributed by atoms with Crippen LogP contribution in [0.15, 0.2) is 0 Å². The molecule has 6 heteroatoms. The lowest BCUT2D eigenvalue weighted by atomic mass is 9.90. The van der Waals surface area contributed by atoms with E-state index in [1.165, 1.54) is 0 Å². The van der Waals surface area contributed by atoms with Crippen molar-refractivity contribution >= 4 is 23.9 Å². The highest BCUT2D eigenvalue weighted by molar-refractivity contribution is 6.12. The molecule has 13 heavy (non-hydrogen) atoms. The topological polar surface area (TPSA) is 86.7 Å². The van der Waals surface area contributed by atoms with Crippen molar-refractivity contribution in [3.05, 3.63) is 0 Å². The summed E-state index contributed by atoms with van der Waals surface area (Å²) >= 11 is 0. The van der Waals surface area contributed by atoms with E-state index in [2.05, 4.69) is 9.47 Å². The Bertz CT molecular complexity index is 330. The van der Waals surface area contributed by atoms with Gasteiger partial charge in [0, 0.05) is 0 Å². The Labute approximate surface area is 71.8 Å². The second-order valence-electron chi connectivity index (χ2n) is 2.82. The maximum atomic E-state index is 10.9. The van der Waals surface area contributed by atoms with Crippen molar-refractivity contribution in [3.63, 3.8) is 0 Å². The molecule has 2 aliphatic heterocycles. The van der Waals surface area contributed by atoms with Crippen LogP contribution in [0.1, 0.15) is 6.42 Å². The molecule has 0 bridgehead atoms. The van der Waals surface area contributed by atoms with Gasteiger partial charge in [-0.1, -0.05) is 0 Å². The Morgan fingerprint density at radius 3 is 2.23 bits per heavy atom. The van der Waals surface area contributed by atoms with Crippen LogP contribution in [0.2, 0.25) is 0 Å². The van der Waals surface area contributed by atoms with E-state index in [9.17, 15) is 19.2 Å². The molecular formula is C7H4O6. The molecule has 2 rings (SSSR count). The van der Waals surface area contributed by atoms with Crippen molar-refractivity contribution in [2.75, 3.05) is 0 Å². The van der Waals surface area contributed by atoms with E-state index in [0.717, 1.165) is 0 Å². The lowest BCUT2D eigenvalue weighted by molar-refractivity contribution is -0.171. The Kier molecular flexibility index (Phi) is 1.45. The minimum Gasteiger partial charge on any atom is -0.392 e. The fraction of sp³-hybridized carbons (Fsp3) is 0.429. The van der Waals surface area contributed by atoms with Crippen molar-refractivity contribution < 1.29 is 28.7 Å². The summed E-state index contributed by atoms with van der Waals surface area (Å²) in [5.41, 5.74) is 0. The predicted molar refractivity (Wildman–Crippen MR) is 33.8 cm³/mol. The fourth-order valence-electron chi connectivity index (χ4n) is 1.40. The average molecular weight is 184 g/mol. The van der Waals surface area contributed by atoms with Gasteiger partial charge < -0.3 is 9.47 Å². The molecule has 0 aromatic carbocycles. The van der Waals surface area contributed by atoms with Crippen molar-refractivity contribution in [1.29, 1.82) is 0 Å². The van der Waals surface area contributed by atoms with Crippen LogP contribution in [0.5, 0.6) is 0 Å². The van der Waals surface area contributed by atoms with Crippen LogP contribution >= 0.6 is 0 Å². The van der Waals surface area contributed by atoms with Crippen LogP contribution in [0, 0.1) is 11.8 Å². The molecule has 0 saturated carbocycles. The van der Waals surface area contributed by atoms with Gasteiger partial charge >= 0.3 is 23.9 Å². The number of carbonyl (C=O) groups excluding carboxylic acids is 4. The lowest BCUT2D eigenvalue weighted by Crippen LogP contribution is -2.37. The Hall–Kier alpha value is -1.72. The molecule has 68 valence electrons. The SMILES string of the molecule is O=C1CC2C(=O)OC(=O)C2C(=O)O1. The van der Waals surface area contributed by atoms with E-state index in [0.29, 0.717) is 0 Å². The van der Waals surface area contributed by atoms with E-state index in [-0.39, 0.29) is 6.42 Å². The molecule has 0 aromatic heterocycles. The molecule has 2 saturated heterocycles. The summed E-state index contributed by atoms with van der Waals surface area (Å²) in [6, 6.07) is 0. The molecule has 0 N–H and O–H groups in total. The van der Waals surface area contributed by atoms with Gasteiger partial charge in [-0.3, -0.25) is 19.2 Å². The first-order valence-corrected chi connectivity index (χ1v) is 3.59. The number of esters is 4. The van der Waals surface area contributed by atoms with Gasteiger partial charge in [0.05, 0.1) is 12.3 Å². The van der Waals surface area contributed by atoms with Gasteiger partial charge in [0.15, 0.2) is 5.92 Å². The largest absolute Gasteiger partial charge is 0.392 e. The summed E-state index contributed by atoms with van der Waals surface area (Å²) in [5.74, 6) is -5.73. The molecule has 0 aliphatic carbocycles. The fourth-order valence-corrected chi connectivity index (χ4v) is 1.40. The van der Waals surface area contributed by atoms with Crippen molar-refractivity contribution in [3.8, 4) is 0 Å². The molecule has 6 nitrogen and oxygen atoms in total. The molecule has 2 heterocycles. The first-order valence-electron chi connectivity index (χ1n) is 3.59. The van der Waals surface area contributed by atoms with Crippen molar-refractivity contribution in [1.82, 2.24) is 0 Å². The highest BCUT2D eigenvalue weighted by Crippen LogP contribution is 2.31. The third kappa shape index (κ3) is 1.02. The first kappa shape index (κ1) is 7.90. The van der Waals surface area contributed by atoms with E-state index >= 15 is 0 Å². The molecule has 2 fully saturated rings. The minimum atomic E-state index is -1.23. The zero-order chi connectivity index (χ0) is 9.59. The standard InChI is InChI=1S/C7H4O6/c8-3-1-2-4(6(10)12-3)7(11)13-5(2)9/h2,4H,1H2. The normalized spacial score (nSPS) is 32.6. The van der Waals surface area contributed by atoms with Gasteiger partial charge in [-0.05, 0) is 0 Å². The number of fused-ring (bicyclic) bond motifs is 1. The lowest BCUT2D eigenvalue weighted by Gasteiger charge is -2.16. The second-order valence-corrected chi connectivity index (χ2v) is 2.82. The highest BCUT2D eigenvalue weighted by atomic mass is 16.6. The smallest absolute Gasteiger partial charge is 0.328 e. The van der Waals surface area contributed by atoms with Gasteiger partial charge in [0.25, 0.3) is 0 Å². The van der Waals surface area contributed by atoms with E-state index < -0.39 is 35.7 Å². The van der Waals surface area contributed by atoms with Gasteiger partial charge in [-0.2, -0.15) is 0 Å². The third-order valence-corrected chi connectivity index (χ3v) is 2.02. The average Bonchev–Trinajstić information content (AvgIpc) is 2.27. The molecule has 0 amide bonds. The van der Waals surface area contributed by atoms with Crippen LogP contribution < -0.4 is 0 Å². The van der Waals surface area contributed by atoms with Gasteiger partial charge in [-0.15, -0.1) is 0 Å². The van der Waals surface area contributed by atoms with Crippen LogP contribution in [-0.4, -0.2) is 23.9 Å². The number of hydrogen-bond acceptors (Lipinski definition) is 6. The summed E-state index contributed by atoms with van der Waals surface area (Å²) < 4.78 is 8.38. The van der Waals surface area contributed by atoms with Crippen LogP contribution in [-0.2, 0) is 28.7 Å². The van der Waals surface area contributed by atoms with Gasteiger partial charge in [-0.25, -0.2) is 0 Å². The quantitative estimate of drug-likeness (QED) is 0.346. The zero-order valence-electron chi connectivity index (χ0n) is 6.31. The first-order chi connectivity index (χ1) is 6.09. The molecule has 0 aromatic rings. The molecule has 2 atom stereocenters. The molecule has 2 unspecified atom stereocenters. The third-order valence-electron chi connectivity index (χ3n) is 2.02. The van der Waals surface area contributed by atoms with Crippen molar-refractivity contribution in [2.24, 2.45) is 11.8 Å². The summed E-state index contributed by atoms with van der Waals surface area (Å²) in [6.45, 7) is 0. The van der Waals surface area contributed by atoms with Crippen LogP contribution in [0.3, 0.4) is 0 Å². The summed E-state index contributed by atoms with van der Waals surface area (Å²) in [4.78, 5) is 43.4. The number of hydrogen-bond donors (Lipinski definition) is 0. The Morgan fingerprint density at radius 2 is 1.54 bits per heavy atom. The van der Waals surface area contributed by atoms with E-state index in [1.807, 2.05) is 0 Å². The predicted octanol–water partition coefficient (Wildman–Crippen LogP) is -1.22. The number of ether oxygens (including phenoxy) is 2. The van der Waals surface area contributed by atoms with E-state index in [1.54, 1.807) is 0 Å². The number of rotatable bonds is 0. The molecular weight excluding hydrogens is 180 g/mol. The molecule has 0 radical (unpaired) electrons. The highest BCUT2D eigenvalue weighted by Gasteiger charge is 2.54. The summed E-state index contributed by atoms with van der Waals surface area (Å²) in [6.07, 6.45) is -0.263. The van der Waals surface area contributed by atoms with Crippen LogP contribution in [0.25, 0.3) is 0 Å². The van der Waals surface area contributed by atoms with E-state index in [4.69, 9.17) is 0 Å². The Balaban J connectivity index is 2.34. The second kappa shape index (κ2) is 2.38. The summed E-state index contributed by atoms with van der Waals surface area (Å²) in [7, 11) is 0. The van der Waals surface area contributed by atoms with Gasteiger partial charge in [0.1, 0.15) is 0 Å². The Morgan fingerprint density at radius 1 is 0.923 bits per heavy atom.